The monoisotopic (exact) mass is 408 g/mol. The minimum atomic E-state index is -0.496. The molecule has 7 heteroatoms. The molecule has 1 saturated heterocycles. The molecule has 0 saturated carbocycles. The maximum Gasteiger partial charge on any atom is 0.343 e. The number of esters is 1. The average Bonchev–Trinajstić information content (AvgIpc) is 3.10. The van der Waals surface area contributed by atoms with Crippen molar-refractivity contribution in [2.75, 3.05) is 10.7 Å². The molecule has 1 aromatic heterocycles. The van der Waals surface area contributed by atoms with Crippen LogP contribution < -0.4 is 9.64 Å². The summed E-state index contributed by atoms with van der Waals surface area (Å²) in [5.41, 5.74) is 2.72. The van der Waals surface area contributed by atoms with Gasteiger partial charge in [-0.3, -0.25) is 14.7 Å². The van der Waals surface area contributed by atoms with Gasteiger partial charge in [-0.1, -0.05) is 12.1 Å². The standard InChI is InChI=1S/C22H17FN2O3S/c1-14-11-16(22(27)28-18-3-2-10-24-12-18)6-9-19(14)25-20(26)13-29-21(25)15-4-7-17(23)8-5-15/h2-12,21H,13H2,1H3. The summed E-state index contributed by atoms with van der Waals surface area (Å²) in [5, 5.41) is -0.241. The molecular weight excluding hydrogens is 391 g/mol. The number of carbonyl (C=O) groups excluding carboxylic acids is 2. The van der Waals surface area contributed by atoms with E-state index in [2.05, 4.69) is 4.98 Å². The van der Waals surface area contributed by atoms with Crippen molar-refractivity contribution in [1.82, 2.24) is 4.98 Å². The molecule has 1 amide bonds. The van der Waals surface area contributed by atoms with E-state index in [4.69, 9.17) is 4.74 Å². The summed E-state index contributed by atoms with van der Waals surface area (Å²) in [5.74, 6) is -0.140. The number of aryl methyl sites for hydroxylation is 1. The molecule has 2 heterocycles. The van der Waals surface area contributed by atoms with Crippen molar-refractivity contribution in [2.24, 2.45) is 0 Å². The molecule has 0 aliphatic carbocycles. The molecule has 1 aliphatic rings. The van der Waals surface area contributed by atoms with E-state index < -0.39 is 5.97 Å². The molecule has 1 unspecified atom stereocenters. The maximum atomic E-state index is 13.3. The lowest BCUT2D eigenvalue weighted by Gasteiger charge is -2.26. The summed E-state index contributed by atoms with van der Waals surface area (Å²) in [7, 11) is 0. The molecule has 1 atom stereocenters. The van der Waals surface area contributed by atoms with Crippen LogP contribution >= 0.6 is 11.8 Å². The zero-order chi connectivity index (χ0) is 20.4. The molecule has 2 aromatic carbocycles. The molecule has 4 rings (SSSR count). The maximum absolute atomic E-state index is 13.3. The summed E-state index contributed by atoms with van der Waals surface area (Å²) in [6.07, 6.45) is 3.06. The van der Waals surface area contributed by atoms with Gasteiger partial charge in [-0.25, -0.2) is 9.18 Å². The van der Waals surface area contributed by atoms with Gasteiger partial charge in [0.1, 0.15) is 16.9 Å². The Morgan fingerprint density at radius 2 is 2.00 bits per heavy atom. The Kier molecular flexibility index (Phi) is 5.31. The Labute approximate surface area is 171 Å². The van der Waals surface area contributed by atoms with Crippen molar-refractivity contribution < 1.29 is 18.7 Å². The number of hydrogen-bond acceptors (Lipinski definition) is 5. The van der Waals surface area contributed by atoms with Crippen LogP contribution in [0.3, 0.4) is 0 Å². The molecule has 0 bridgehead atoms. The van der Waals surface area contributed by atoms with Crippen LogP contribution in [0, 0.1) is 12.7 Å². The fraction of sp³-hybridized carbons (Fsp3) is 0.136. The van der Waals surface area contributed by atoms with E-state index >= 15 is 0 Å². The highest BCUT2D eigenvalue weighted by atomic mass is 32.2. The molecule has 0 spiro atoms. The van der Waals surface area contributed by atoms with Gasteiger partial charge < -0.3 is 4.74 Å². The highest BCUT2D eigenvalue weighted by Gasteiger charge is 2.35. The number of benzene rings is 2. The first-order chi connectivity index (χ1) is 14.0. The lowest BCUT2D eigenvalue weighted by molar-refractivity contribution is -0.115. The van der Waals surface area contributed by atoms with E-state index in [0.29, 0.717) is 22.8 Å². The largest absolute Gasteiger partial charge is 0.421 e. The number of carbonyl (C=O) groups is 2. The van der Waals surface area contributed by atoms with Crippen LogP contribution in [0.5, 0.6) is 5.75 Å². The van der Waals surface area contributed by atoms with Gasteiger partial charge >= 0.3 is 5.97 Å². The van der Waals surface area contributed by atoms with Crippen molar-refractivity contribution in [2.45, 2.75) is 12.3 Å². The molecule has 146 valence electrons. The van der Waals surface area contributed by atoms with Crippen LogP contribution in [0.2, 0.25) is 0 Å². The molecule has 3 aromatic rings. The number of halogens is 1. The second-order valence-electron chi connectivity index (χ2n) is 6.56. The number of pyridine rings is 1. The van der Waals surface area contributed by atoms with Crippen LogP contribution in [0.4, 0.5) is 10.1 Å². The fourth-order valence-corrected chi connectivity index (χ4v) is 4.35. The first kappa shape index (κ1) is 19.1. The predicted octanol–water partition coefficient (Wildman–Crippen LogP) is 4.53. The number of anilines is 1. The van der Waals surface area contributed by atoms with Crippen molar-refractivity contribution in [3.8, 4) is 5.75 Å². The normalized spacial score (nSPS) is 16.1. The summed E-state index contributed by atoms with van der Waals surface area (Å²) in [4.78, 5) is 30.6. The van der Waals surface area contributed by atoms with Crippen molar-refractivity contribution in [3.05, 3.63) is 89.5 Å². The van der Waals surface area contributed by atoms with Gasteiger partial charge in [0.25, 0.3) is 0 Å². The number of thioether (sulfide) groups is 1. The Morgan fingerprint density at radius 1 is 1.21 bits per heavy atom. The van der Waals surface area contributed by atoms with Crippen molar-refractivity contribution >= 4 is 29.3 Å². The molecule has 1 fully saturated rings. The minimum Gasteiger partial charge on any atom is -0.421 e. The predicted molar refractivity (Wildman–Crippen MR) is 109 cm³/mol. The smallest absolute Gasteiger partial charge is 0.343 e. The summed E-state index contributed by atoms with van der Waals surface area (Å²) in [6.45, 7) is 1.84. The second-order valence-corrected chi connectivity index (χ2v) is 7.63. The second kappa shape index (κ2) is 8.05. The minimum absolute atomic E-state index is 0.0295. The van der Waals surface area contributed by atoms with Gasteiger partial charge in [0.05, 0.1) is 17.5 Å². The van der Waals surface area contributed by atoms with Gasteiger partial charge in [0, 0.05) is 11.9 Å². The van der Waals surface area contributed by atoms with Crippen LogP contribution in [0.25, 0.3) is 0 Å². The van der Waals surface area contributed by atoms with Crippen molar-refractivity contribution in [3.63, 3.8) is 0 Å². The molecule has 29 heavy (non-hydrogen) atoms. The number of ether oxygens (including phenoxy) is 1. The highest BCUT2D eigenvalue weighted by Crippen LogP contribution is 2.42. The number of hydrogen-bond donors (Lipinski definition) is 0. The van der Waals surface area contributed by atoms with E-state index in [9.17, 15) is 14.0 Å². The SMILES string of the molecule is Cc1cc(C(=O)Oc2cccnc2)ccc1N1C(=O)CSC1c1ccc(F)cc1. The van der Waals surface area contributed by atoms with Crippen LogP contribution in [-0.4, -0.2) is 22.6 Å². The Hall–Kier alpha value is -3.19. The molecule has 0 N–H and O–H groups in total. The molecule has 0 radical (unpaired) electrons. The van der Waals surface area contributed by atoms with Crippen LogP contribution in [-0.2, 0) is 4.79 Å². The Balaban J connectivity index is 1.60. The third-order valence-electron chi connectivity index (χ3n) is 4.56. The van der Waals surface area contributed by atoms with Gasteiger partial charge in [-0.05, 0) is 60.5 Å². The van der Waals surface area contributed by atoms with Gasteiger partial charge in [0.2, 0.25) is 5.91 Å². The summed E-state index contributed by atoms with van der Waals surface area (Å²) >= 11 is 1.49. The third kappa shape index (κ3) is 4.00. The van der Waals surface area contributed by atoms with Crippen molar-refractivity contribution in [1.29, 1.82) is 0 Å². The van der Waals surface area contributed by atoms with E-state index in [1.54, 1.807) is 53.6 Å². The topological polar surface area (TPSA) is 59.5 Å². The van der Waals surface area contributed by atoms with E-state index in [1.807, 2.05) is 6.92 Å². The fourth-order valence-electron chi connectivity index (χ4n) is 3.18. The number of amides is 1. The van der Waals surface area contributed by atoms with E-state index in [1.165, 1.54) is 30.1 Å². The van der Waals surface area contributed by atoms with E-state index in [-0.39, 0.29) is 17.1 Å². The first-order valence-electron chi connectivity index (χ1n) is 8.95. The number of nitrogens with zero attached hydrogens (tertiary/aromatic N) is 2. The Bertz CT molecular complexity index is 1060. The Morgan fingerprint density at radius 3 is 2.69 bits per heavy atom. The lowest BCUT2D eigenvalue weighted by Crippen LogP contribution is -2.28. The van der Waals surface area contributed by atoms with Gasteiger partial charge in [-0.2, -0.15) is 0 Å². The first-order valence-corrected chi connectivity index (χ1v) is 10.00. The molecule has 5 nitrogen and oxygen atoms in total. The van der Waals surface area contributed by atoms with Gasteiger partial charge in [-0.15, -0.1) is 11.8 Å². The van der Waals surface area contributed by atoms with Gasteiger partial charge in [0.15, 0.2) is 0 Å². The zero-order valence-electron chi connectivity index (χ0n) is 15.5. The van der Waals surface area contributed by atoms with E-state index in [0.717, 1.165) is 11.1 Å². The number of rotatable bonds is 4. The molecule has 1 aliphatic heterocycles. The van der Waals surface area contributed by atoms with Crippen LogP contribution in [0.1, 0.15) is 26.9 Å². The summed E-state index contributed by atoms with van der Waals surface area (Å²) < 4.78 is 18.6. The third-order valence-corrected chi connectivity index (χ3v) is 5.77. The summed E-state index contributed by atoms with van der Waals surface area (Å²) in [6, 6.07) is 14.6. The number of aromatic nitrogens is 1. The quantitative estimate of drug-likeness (QED) is 0.594. The lowest BCUT2D eigenvalue weighted by atomic mass is 10.1. The highest BCUT2D eigenvalue weighted by molar-refractivity contribution is 8.00. The zero-order valence-corrected chi connectivity index (χ0v) is 16.4. The average molecular weight is 408 g/mol. The molecular formula is C22H17FN2O3S. The van der Waals surface area contributed by atoms with Crippen LogP contribution in [0.15, 0.2) is 67.0 Å².